The third-order valence-electron chi connectivity index (χ3n) is 5.36. The number of aliphatic hydroxyl groups excluding tert-OH is 1. The Morgan fingerprint density at radius 2 is 1.88 bits per heavy atom. The SMILES string of the molecule is CCCCOc1ccc(C2/C(=C(\O)c3ccncc3)C(=O)C(=O)N2Cc2ccco2)cc1. The maximum Gasteiger partial charge on any atom is 0.296 e. The van der Waals surface area contributed by atoms with E-state index in [1.54, 1.807) is 24.3 Å². The summed E-state index contributed by atoms with van der Waals surface area (Å²) in [5.41, 5.74) is 1.14. The lowest BCUT2D eigenvalue weighted by Gasteiger charge is -2.24. The van der Waals surface area contributed by atoms with Gasteiger partial charge >= 0.3 is 0 Å². The average molecular weight is 432 g/mol. The van der Waals surface area contributed by atoms with Crippen molar-refractivity contribution in [1.29, 1.82) is 0 Å². The highest BCUT2D eigenvalue weighted by atomic mass is 16.5. The maximum absolute atomic E-state index is 13.0. The first kappa shape index (κ1) is 21.4. The Morgan fingerprint density at radius 3 is 2.53 bits per heavy atom. The highest BCUT2D eigenvalue weighted by molar-refractivity contribution is 6.46. The van der Waals surface area contributed by atoms with Crippen LogP contribution in [0.25, 0.3) is 5.76 Å². The minimum absolute atomic E-state index is 0.0346. The Bertz CT molecular complexity index is 1110. The zero-order valence-corrected chi connectivity index (χ0v) is 17.7. The summed E-state index contributed by atoms with van der Waals surface area (Å²) < 4.78 is 11.1. The van der Waals surface area contributed by atoms with Crippen LogP contribution in [0.4, 0.5) is 0 Å². The number of furan rings is 1. The maximum atomic E-state index is 13.0. The average Bonchev–Trinajstić information content (AvgIpc) is 3.42. The van der Waals surface area contributed by atoms with Crippen LogP contribution in [0.2, 0.25) is 0 Å². The molecule has 1 saturated heterocycles. The molecule has 1 unspecified atom stereocenters. The van der Waals surface area contributed by atoms with Crippen LogP contribution < -0.4 is 4.74 Å². The van der Waals surface area contributed by atoms with Gasteiger partial charge in [-0.25, -0.2) is 0 Å². The molecule has 1 aromatic carbocycles. The lowest BCUT2D eigenvalue weighted by atomic mass is 9.95. The number of ketones is 1. The largest absolute Gasteiger partial charge is 0.507 e. The molecule has 0 bridgehead atoms. The number of aliphatic hydroxyl groups is 1. The van der Waals surface area contributed by atoms with E-state index in [0.717, 1.165) is 12.8 Å². The molecule has 1 amide bonds. The molecule has 164 valence electrons. The van der Waals surface area contributed by atoms with Crippen molar-refractivity contribution in [2.45, 2.75) is 32.4 Å². The highest BCUT2D eigenvalue weighted by Crippen LogP contribution is 2.40. The van der Waals surface area contributed by atoms with Gasteiger partial charge < -0.3 is 19.2 Å². The third-order valence-corrected chi connectivity index (χ3v) is 5.36. The van der Waals surface area contributed by atoms with Crippen LogP contribution in [0.3, 0.4) is 0 Å². The Hall–Kier alpha value is -3.87. The third kappa shape index (κ3) is 4.27. The van der Waals surface area contributed by atoms with Crippen molar-refractivity contribution in [3.8, 4) is 5.75 Å². The summed E-state index contributed by atoms with van der Waals surface area (Å²) in [6, 6.07) is 13.1. The number of unbranched alkanes of at least 4 members (excludes halogenated alkanes) is 1. The van der Waals surface area contributed by atoms with Gasteiger partial charge in [0.25, 0.3) is 11.7 Å². The molecule has 0 radical (unpaired) electrons. The predicted octanol–water partition coefficient (Wildman–Crippen LogP) is 4.48. The number of carbonyl (C=O) groups is 2. The molecule has 0 saturated carbocycles. The molecule has 2 aromatic heterocycles. The fourth-order valence-electron chi connectivity index (χ4n) is 3.71. The zero-order valence-electron chi connectivity index (χ0n) is 17.7. The molecule has 1 aliphatic heterocycles. The van der Waals surface area contributed by atoms with E-state index in [4.69, 9.17) is 9.15 Å². The second-order valence-corrected chi connectivity index (χ2v) is 7.51. The number of carbonyl (C=O) groups excluding carboxylic acids is 2. The van der Waals surface area contributed by atoms with Crippen LogP contribution in [0, 0.1) is 0 Å². The van der Waals surface area contributed by atoms with Crippen LogP contribution in [-0.2, 0) is 16.1 Å². The number of benzene rings is 1. The van der Waals surface area contributed by atoms with E-state index < -0.39 is 17.7 Å². The minimum Gasteiger partial charge on any atom is -0.507 e. The van der Waals surface area contributed by atoms with Gasteiger partial charge in [-0.1, -0.05) is 25.5 Å². The van der Waals surface area contributed by atoms with Crippen LogP contribution in [0.1, 0.15) is 42.7 Å². The van der Waals surface area contributed by atoms with Gasteiger partial charge in [0, 0.05) is 18.0 Å². The highest BCUT2D eigenvalue weighted by Gasteiger charge is 2.46. The van der Waals surface area contributed by atoms with Crippen molar-refractivity contribution in [1.82, 2.24) is 9.88 Å². The van der Waals surface area contributed by atoms with Gasteiger partial charge in [-0.15, -0.1) is 0 Å². The smallest absolute Gasteiger partial charge is 0.296 e. The normalized spacial score (nSPS) is 17.7. The second-order valence-electron chi connectivity index (χ2n) is 7.51. The topological polar surface area (TPSA) is 92.9 Å². The van der Waals surface area contributed by atoms with E-state index in [2.05, 4.69) is 11.9 Å². The number of likely N-dealkylation sites (tertiary alicyclic amines) is 1. The van der Waals surface area contributed by atoms with Crippen LogP contribution in [-0.4, -0.2) is 33.3 Å². The van der Waals surface area contributed by atoms with Crippen molar-refractivity contribution in [3.63, 3.8) is 0 Å². The first-order valence-electron chi connectivity index (χ1n) is 10.5. The quantitative estimate of drug-likeness (QED) is 0.244. The molecule has 7 heteroatoms. The second kappa shape index (κ2) is 9.51. The van der Waals surface area contributed by atoms with E-state index in [0.29, 0.717) is 29.2 Å². The number of rotatable bonds is 8. The summed E-state index contributed by atoms with van der Waals surface area (Å²) in [5, 5.41) is 11.0. The van der Waals surface area contributed by atoms with Crippen molar-refractivity contribution in [3.05, 3.63) is 89.6 Å². The van der Waals surface area contributed by atoms with Gasteiger partial charge in [-0.05, 0) is 48.4 Å². The van der Waals surface area contributed by atoms with Gasteiger partial charge in [0.15, 0.2) is 0 Å². The molecular formula is C25H24N2O5. The standard InChI is InChI=1S/C25H24N2O5/c1-2-3-14-31-19-8-6-17(7-9-19)22-21(23(28)18-10-12-26-13-11-18)24(29)25(30)27(22)16-20-5-4-15-32-20/h4-13,15,22,28H,2-3,14,16H2,1H3/b23-21+. The number of pyridine rings is 1. The van der Waals surface area contributed by atoms with Gasteiger partial charge in [0.1, 0.15) is 17.3 Å². The van der Waals surface area contributed by atoms with Crippen molar-refractivity contribution in [2.75, 3.05) is 6.61 Å². The van der Waals surface area contributed by atoms with E-state index in [1.165, 1.54) is 23.6 Å². The van der Waals surface area contributed by atoms with Crippen LogP contribution in [0.5, 0.6) is 5.75 Å². The number of amides is 1. The number of Topliss-reactive ketones (excluding diaryl/α,β-unsaturated/α-hetero) is 1. The summed E-state index contributed by atoms with van der Waals surface area (Å²) in [4.78, 5) is 31.3. The molecule has 3 aromatic rings. The molecule has 3 heterocycles. The number of ether oxygens (including phenoxy) is 1. The Labute approximate surface area is 186 Å². The van der Waals surface area contributed by atoms with Gasteiger partial charge in [-0.2, -0.15) is 0 Å². The first-order chi connectivity index (χ1) is 15.6. The summed E-state index contributed by atoms with van der Waals surface area (Å²) in [6.45, 7) is 2.82. The van der Waals surface area contributed by atoms with Crippen molar-refractivity contribution < 1.29 is 23.8 Å². The minimum atomic E-state index is -0.766. The van der Waals surface area contributed by atoms with E-state index in [-0.39, 0.29) is 17.9 Å². The first-order valence-corrected chi connectivity index (χ1v) is 10.5. The molecule has 4 rings (SSSR count). The fraction of sp³-hybridized carbons (Fsp3) is 0.240. The molecule has 1 aliphatic rings. The number of aromatic nitrogens is 1. The number of nitrogens with zero attached hydrogens (tertiary/aromatic N) is 2. The van der Waals surface area contributed by atoms with Gasteiger partial charge in [0.05, 0.1) is 31.0 Å². The summed E-state index contributed by atoms with van der Waals surface area (Å²) in [5.74, 6) is -0.412. The lowest BCUT2D eigenvalue weighted by molar-refractivity contribution is -0.140. The summed E-state index contributed by atoms with van der Waals surface area (Å²) >= 11 is 0. The van der Waals surface area contributed by atoms with Crippen molar-refractivity contribution >= 4 is 17.4 Å². The van der Waals surface area contributed by atoms with E-state index in [1.807, 2.05) is 24.3 Å². The van der Waals surface area contributed by atoms with Crippen LogP contribution in [0.15, 0.2) is 77.2 Å². The molecule has 32 heavy (non-hydrogen) atoms. The molecule has 1 atom stereocenters. The monoisotopic (exact) mass is 432 g/mol. The molecule has 0 aliphatic carbocycles. The number of hydrogen-bond donors (Lipinski definition) is 1. The van der Waals surface area contributed by atoms with E-state index in [9.17, 15) is 14.7 Å². The summed E-state index contributed by atoms with van der Waals surface area (Å²) in [7, 11) is 0. The molecule has 7 nitrogen and oxygen atoms in total. The van der Waals surface area contributed by atoms with Gasteiger partial charge in [-0.3, -0.25) is 14.6 Å². The Morgan fingerprint density at radius 1 is 1.12 bits per heavy atom. The molecule has 1 N–H and O–H groups in total. The van der Waals surface area contributed by atoms with E-state index >= 15 is 0 Å². The number of hydrogen-bond acceptors (Lipinski definition) is 6. The zero-order chi connectivity index (χ0) is 22.5. The summed E-state index contributed by atoms with van der Waals surface area (Å²) in [6.07, 6.45) is 6.54. The van der Waals surface area contributed by atoms with Crippen molar-refractivity contribution in [2.24, 2.45) is 0 Å². The predicted molar refractivity (Wildman–Crippen MR) is 118 cm³/mol. The fourth-order valence-corrected chi connectivity index (χ4v) is 3.71. The van der Waals surface area contributed by atoms with Gasteiger partial charge in [0.2, 0.25) is 0 Å². The Balaban J connectivity index is 1.75. The lowest BCUT2D eigenvalue weighted by Crippen LogP contribution is -2.29. The molecule has 1 fully saturated rings. The Kier molecular flexibility index (Phi) is 6.35. The molecular weight excluding hydrogens is 408 g/mol. The molecule has 0 spiro atoms. The van der Waals surface area contributed by atoms with Crippen LogP contribution >= 0.6 is 0 Å².